The van der Waals surface area contributed by atoms with E-state index in [9.17, 15) is 9.18 Å². The van der Waals surface area contributed by atoms with Gasteiger partial charge in [0.05, 0.1) is 9.90 Å². The average molecular weight is 334 g/mol. The van der Waals surface area contributed by atoms with Gasteiger partial charge in [0.15, 0.2) is 5.78 Å². The van der Waals surface area contributed by atoms with Crippen molar-refractivity contribution in [2.75, 3.05) is 0 Å². The standard InChI is InChI=1S/C12H7BrClFOS/c13-8-4-5-17-12(8)10(16)6-7-2-1-3-9(15)11(7)14/h1-5H,6H2. The summed E-state index contributed by atoms with van der Waals surface area (Å²) in [5.41, 5.74) is 0.511. The maximum absolute atomic E-state index is 13.2. The van der Waals surface area contributed by atoms with Crippen molar-refractivity contribution in [2.24, 2.45) is 0 Å². The van der Waals surface area contributed by atoms with Crippen molar-refractivity contribution in [1.82, 2.24) is 0 Å². The van der Waals surface area contributed by atoms with E-state index in [0.29, 0.717) is 10.4 Å². The molecule has 0 saturated heterocycles. The third-order valence-electron chi connectivity index (χ3n) is 2.25. The molecule has 2 rings (SSSR count). The van der Waals surface area contributed by atoms with Crippen molar-refractivity contribution in [3.63, 3.8) is 0 Å². The molecule has 0 unspecified atom stereocenters. The van der Waals surface area contributed by atoms with E-state index in [-0.39, 0.29) is 17.2 Å². The first kappa shape index (κ1) is 12.7. The van der Waals surface area contributed by atoms with E-state index in [2.05, 4.69) is 15.9 Å². The zero-order valence-electron chi connectivity index (χ0n) is 8.54. The molecule has 17 heavy (non-hydrogen) atoms. The molecule has 1 aromatic heterocycles. The molecule has 1 heterocycles. The van der Waals surface area contributed by atoms with Crippen LogP contribution in [0.4, 0.5) is 4.39 Å². The fraction of sp³-hybridized carbons (Fsp3) is 0.0833. The van der Waals surface area contributed by atoms with Crippen molar-refractivity contribution >= 4 is 44.7 Å². The molecule has 0 spiro atoms. The third kappa shape index (κ3) is 2.76. The average Bonchev–Trinajstić information content (AvgIpc) is 2.71. The summed E-state index contributed by atoms with van der Waals surface area (Å²) in [5.74, 6) is -0.568. The molecule has 1 aromatic carbocycles. The molecule has 0 saturated carbocycles. The minimum Gasteiger partial charge on any atom is -0.293 e. The van der Waals surface area contributed by atoms with Crippen LogP contribution in [0.3, 0.4) is 0 Å². The number of carbonyl (C=O) groups excluding carboxylic acids is 1. The highest BCUT2D eigenvalue weighted by Crippen LogP contribution is 2.26. The van der Waals surface area contributed by atoms with Crippen LogP contribution >= 0.6 is 38.9 Å². The molecular weight excluding hydrogens is 327 g/mol. The van der Waals surface area contributed by atoms with Crippen LogP contribution in [-0.4, -0.2) is 5.78 Å². The highest BCUT2D eigenvalue weighted by Gasteiger charge is 2.15. The minimum absolute atomic E-state index is 0.0218. The third-order valence-corrected chi connectivity index (χ3v) is 4.56. The highest BCUT2D eigenvalue weighted by atomic mass is 79.9. The van der Waals surface area contributed by atoms with Gasteiger partial charge >= 0.3 is 0 Å². The number of thiophene rings is 1. The summed E-state index contributed by atoms with van der Waals surface area (Å²) >= 11 is 10.5. The lowest BCUT2D eigenvalue weighted by Crippen LogP contribution is -2.03. The molecule has 0 amide bonds. The Morgan fingerprint density at radius 2 is 2.18 bits per heavy atom. The second-order valence-corrected chi connectivity index (χ2v) is 5.56. The molecule has 0 aliphatic carbocycles. The molecule has 0 radical (unpaired) electrons. The summed E-state index contributed by atoms with van der Waals surface area (Å²) < 4.78 is 14.0. The fourth-order valence-corrected chi connectivity index (χ4v) is 3.16. The van der Waals surface area contributed by atoms with Gasteiger partial charge in [-0.3, -0.25) is 4.79 Å². The number of rotatable bonds is 3. The molecule has 0 N–H and O–H groups in total. The van der Waals surface area contributed by atoms with Crippen LogP contribution in [0.2, 0.25) is 5.02 Å². The number of hydrogen-bond acceptors (Lipinski definition) is 2. The first-order chi connectivity index (χ1) is 8.09. The first-order valence-corrected chi connectivity index (χ1v) is 6.83. The number of carbonyl (C=O) groups is 1. The van der Waals surface area contributed by atoms with Gasteiger partial charge in [-0.2, -0.15) is 0 Å². The van der Waals surface area contributed by atoms with Gasteiger partial charge in [0.1, 0.15) is 5.82 Å². The molecule has 1 nitrogen and oxygen atoms in total. The Morgan fingerprint density at radius 3 is 2.82 bits per heavy atom. The predicted octanol–water partition coefficient (Wildman–Crippen LogP) is 4.73. The summed E-state index contributed by atoms with van der Waals surface area (Å²) in [6.45, 7) is 0. The zero-order chi connectivity index (χ0) is 12.4. The molecule has 0 aliphatic heterocycles. The number of ketones is 1. The zero-order valence-corrected chi connectivity index (χ0v) is 11.7. The quantitative estimate of drug-likeness (QED) is 0.742. The van der Waals surface area contributed by atoms with Gasteiger partial charge in [0.25, 0.3) is 0 Å². The lowest BCUT2D eigenvalue weighted by molar-refractivity contribution is 0.0996. The van der Waals surface area contributed by atoms with Gasteiger partial charge in [-0.1, -0.05) is 23.7 Å². The summed E-state index contributed by atoms with van der Waals surface area (Å²) in [7, 11) is 0. The second-order valence-electron chi connectivity index (χ2n) is 3.41. The van der Waals surface area contributed by atoms with E-state index in [0.717, 1.165) is 4.47 Å². The Bertz CT molecular complexity index is 567. The fourth-order valence-electron chi connectivity index (χ4n) is 1.43. The van der Waals surface area contributed by atoms with E-state index in [1.54, 1.807) is 12.1 Å². The molecular formula is C12H7BrClFOS. The van der Waals surface area contributed by atoms with Crippen LogP contribution in [0, 0.1) is 5.82 Å². The smallest absolute Gasteiger partial charge is 0.178 e. The number of benzene rings is 1. The summed E-state index contributed by atoms with van der Waals surface area (Å²) in [4.78, 5) is 12.6. The van der Waals surface area contributed by atoms with E-state index >= 15 is 0 Å². The second kappa shape index (κ2) is 5.29. The lowest BCUT2D eigenvalue weighted by Gasteiger charge is -2.03. The number of halogens is 3. The predicted molar refractivity (Wildman–Crippen MR) is 71.5 cm³/mol. The van der Waals surface area contributed by atoms with Gasteiger partial charge in [0, 0.05) is 10.9 Å². The van der Waals surface area contributed by atoms with Crippen molar-refractivity contribution in [3.8, 4) is 0 Å². The lowest BCUT2D eigenvalue weighted by atomic mass is 10.1. The Balaban J connectivity index is 2.25. The number of Topliss-reactive ketones (excluding diaryl/α,β-unsaturated/α-hetero) is 1. The molecule has 0 aliphatic rings. The SMILES string of the molecule is O=C(Cc1cccc(F)c1Cl)c1sccc1Br. The van der Waals surface area contributed by atoms with Gasteiger partial charge in [-0.05, 0) is 39.0 Å². The molecule has 0 fully saturated rings. The maximum atomic E-state index is 13.2. The molecule has 88 valence electrons. The van der Waals surface area contributed by atoms with Gasteiger partial charge in [-0.15, -0.1) is 11.3 Å². The number of hydrogen-bond donors (Lipinski definition) is 0. The summed E-state index contributed by atoms with van der Waals surface area (Å²) in [6, 6.07) is 6.29. The normalized spacial score (nSPS) is 10.5. The van der Waals surface area contributed by atoms with Gasteiger partial charge < -0.3 is 0 Å². The van der Waals surface area contributed by atoms with E-state index < -0.39 is 5.82 Å². The molecule has 0 atom stereocenters. The molecule has 2 aromatic rings. The first-order valence-electron chi connectivity index (χ1n) is 4.78. The van der Waals surface area contributed by atoms with E-state index in [1.165, 1.54) is 17.4 Å². The Labute approximate surface area is 115 Å². The maximum Gasteiger partial charge on any atom is 0.178 e. The minimum atomic E-state index is -0.498. The van der Waals surface area contributed by atoms with Crippen molar-refractivity contribution in [2.45, 2.75) is 6.42 Å². The van der Waals surface area contributed by atoms with Gasteiger partial charge in [0.2, 0.25) is 0 Å². The molecule has 0 bridgehead atoms. The monoisotopic (exact) mass is 332 g/mol. The van der Waals surface area contributed by atoms with Crippen LogP contribution in [0.25, 0.3) is 0 Å². The van der Waals surface area contributed by atoms with Crippen LogP contribution in [0.5, 0.6) is 0 Å². The van der Waals surface area contributed by atoms with E-state index in [4.69, 9.17) is 11.6 Å². The van der Waals surface area contributed by atoms with Crippen molar-refractivity contribution < 1.29 is 9.18 Å². The Hall–Kier alpha value is -0.710. The van der Waals surface area contributed by atoms with Crippen LogP contribution in [0.15, 0.2) is 34.1 Å². The highest BCUT2D eigenvalue weighted by molar-refractivity contribution is 9.10. The summed E-state index contributed by atoms with van der Waals surface area (Å²) in [6.07, 6.45) is 0.107. The van der Waals surface area contributed by atoms with E-state index in [1.807, 2.05) is 11.4 Å². The Kier molecular flexibility index (Phi) is 3.97. The van der Waals surface area contributed by atoms with Crippen LogP contribution < -0.4 is 0 Å². The van der Waals surface area contributed by atoms with Crippen molar-refractivity contribution in [1.29, 1.82) is 0 Å². The summed E-state index contributed by atoms with van der Waals surface area (Å²) in [5, 5.41) is 1.85. The van der Waals surface area contributed by atoms with Crippen LogP contribution in [-0.2, 0) is 6.42 Å². The van der Waals surface area contributed by atoms with Crippen LogP contribution in [0.1, 0.15) is 15.2 Å². The topological polar surface area (TPSA) is 17.1 Å². The largest absolute Gasteiger partial charge is 0.293 e. The van der Waals surface area contributed by atoms with Gasteiger partial charge in [-0.25, -0.2) is 4.39 Å². The molecule has 5 heteroatoms. The van der Waals surface area contributed by atoms with Crippen molar-refractivity contribution in [3.05, 3.63) is 55.4 Å². The Morgan fingerprint density at radius 1 is 1.41 bits per heavy atom.